The van der Waals surface area contributed by atoms with Gasteiger partial charge in [0.2, 0.25) is 15.9 Å². The van der Waals surface area contributed by atoms with Gasteiger partial charge >= 0.3 is 0 Å². The van der Waals surface area contributed by atoms with Crippen molar-refractivity contribution in [3.05, 3.63) is 23.8 Å². The second kappa shape index (κ2) is 6.98. The van der Waals surface area contributed by atoms with Crippen LogP contribution in [-0.2, 0) is 14.8 Å². The number of piperidine rings is 1. The SMILES string of the molecule is CC(=O)Nc1cc(S(=O)(=O)NCC2(C)CCNCC2)ccc1C. The molecule has 0 spiro atoms. The number of aryl methyl sites for hydroxylation is 1. The van der Waals surface area contributed by atoms with Crippen LogP contribution in [0, 0.1) is 12.3 Å². The summed E-state index contributed by atoms with van der Waals surface area (Å²) in [5.74, 6) is -0.224. The van der Waals surface area contributed by atoms with Gasteiger partial charge in [-0.25, -0.2) is 13.1 Å². The van der Waals surface area contributed by atoms with Gasteiger partial charge in [0.25, 0.3) is 0 Å². The van der Waals surface area contributed by atoms with Crippen LogP contribution in [0.1, 0.15) is 32.3 Å². The smallest absolute Gasteiger partial charge is 0.240 e. The molecule has 1 saturated heterocycles. The Balaban J connectivity index is 2.14. The average Bonchev–Trinajstić information content (AvgIpc) is 2.48. The third-order valence-corrected chi connectivity index (χ3v) is 5.73. The second-order valence-corrected chi connectivity index (χ2v) is 8.31. The number of carbonyl (C=O) groups is 1. The average molecular weight is 339 g/mol. The highest BCUT2D eigenvalue weighted by atomic mass is 32.2. The molecule has 1 aliphatic heterocycles. The molecule has 0 bridgehead atoms. The molecule has 0 aliphatic carbocycles. The molecule has 0 saturated carbocycles. The maximum Gasteiger partial charge on any atom is 0.240 e. The first kappa shape index (κ1) is 17.9. The predicted octanol–water partition coefficient (Wildman–Crippen LogP) is 1.62. The molecule has 1 heterocycles. The summed E-state index contributed by atoms with van der Waals surface area (Å²) < 4.78 is 27.8. The second-order valence-electron chi connectivity index (χ2n) is 6.54. The molecule has 1 amide bonds. The number of rotatable bonds is 5. The monoisotopic (exact) mass is 339 g/mol. The molecule has 0 radical (unpaired) electrons. The van der Waals surface area contributed by atoms with E-state index in [0.717, 1.165) is 31.5 Å². The van der Waals surface area contributed by atoms with Gasteiger partial charge in [0.15, 0.2) is 0 Å². The lowest BCUT2D eigenvalue weighted by atomic mass is 9.81. The Bertz CT molecular complexity index is 680. The van der Waals surface area contributed by atoms with E-state index in [1.807, 2.05) is 6.92 Å². The zero-order chi connectivity index (χ0) is 17.1. The van der Waals surface area contributed by atoms with E-state index in [-0.39, 0.29) is 16.2 Å². The van der Waals surface area contributed by atoms with Crippen molar-refractivity contribution in [2.75, 3.05) is 25.0 Å². The van der Waals surface area contributed by atoms with Gasteiger partial charge in [0, 0.05) is 19.2 Å². The lowest BCUT2D eigenvalue weighted by molar-refractivity contribution is -0.114. The summed E-state index contributed by atoms with van der Waals surface area (Å²) in [5.41, 5.74) is 1.32. The van der Waals surface area contributed by atoms with E-state index in [1.165, 1.54) is 13.0 Å². The first-order valence-corrected chi connectivity index (χ1v) is 9.29. The minimum absolute atomic E-state index is 0.0243. The minimum Gasteiger partial charge on any atom is -0.326 e. The quantitative estimate of drug-likeness (QED) is 0.761. The van der Waals surface area contributed by atoms with Gasteiger partial charge in [-0.05, 0) is 56.0 Å². The van der Waals surface area contributed by atoms with Crippen LogP contribution in [-0.4, -0.2) is 34.0 Å². The van der Waals surface area contributed by atoms with E-state index < -0.39 is 10.0 Å². The first-order valence-electron chi connectivity index (χ1n) is 7.81. The fraction of sp³-hybridized carbons (Fsp3) is 0.562. The Morgan fingerprint density at radius 1 is 1.30 bits per heavy atom. The van der Waals surface area contributed by atoms with Crippen molar-refractivity contribution in [3.63, 3.8) is 0 Å². The fourth-order valence-electron chi connectivity index (χ4n) is 2.65. The summed E-state index contributed by atoms with van der Waals surface area (Å²) in [7, 11) is -3.59. The predicted molar refractivity (Wildman–Crippen MR) is 90.9 cm³/mol. The molecule has 1 aliphatic rings. The molecule has 3 N–H and O–H groups in total. The summed E-state index contributed by atoms with van der Waals surface area (Å²) >= 11 is 0. The molecule has 1 fully saturated rings. The molecule has 0 atom stereocenters. The van der Waals surface area contributed by atoms with Crippen LogP contribution in [0.5, 0.6) is 0 Å². The van der Waals surface area contributed by atoms with E-state index >= 15 is 0 Å². The lowest BCUT2D eigenvalue weighted by Crippen LogP contribution is -2.42. The Kier molecular flexibility index (Phi) is 5.44. The van der Waals surface area contributed by atoms with Crippen molar-refractivity contribution in [3.8, 4) is 0 Å². The number of hydrogen-bond acceptors (Lipinski definition) is 4. The summed E-state index contributed by atoms with van der Waals surface area (Å²) in [6.45, 7) is 7.57. The van der Waals surface area contributed by atoms with Gasteiger partial charge in [-0.15, -0.1) is 0 Å². The van der Waals surface area contributed by atoms with Gasteiger partial charge in [0.05, 0.1) is 4.90 Å². The van der Waals surface area contributed by atoms with Crippen LogP contribution < -0.4 is 15.4 Å². The largest absolute Gasteiger partial charge is 0.326 e. The Hall–Kier alpha value is -1.44. The number of sulfonamides is 1. The molecule has 1 aromatic carbocycles. The Morgan fingerprint density at radius 2 is 1.96 bits per heavy atom. The van der Waals surface area contributed by atoms with Crippen LogP contribution in [0.4, 0.5) is 5.69 Å². The summed E-state index contributed by atoms with van der Waals surface area (Å²) in [6.07, 6.45) is 1.89. The zero-order valence-corrected chi connectivity index (χ0v) is 14.7. The number of anilines is 1. The highest BCUT2D eigenvalue weighted by Crippen LogP contribution is 2.28. The molecule has 0 aromatic heterocycles. The third-order valence-electron chi connectivity index (χ3n) is 4.33. The standard InChI is InChI=1S/C16H25N3O3S/c1-12-4-5-14(10-15(12)19-13(2)20)23(21,22)18-11-16(3)6-8-17-9-7-16/h4-5,10,17-18H,6-9,11H2,1-3H3,(H,19,20). The van der Waals surface area contributed by atoms with Crippen molar-refractivity contribution in [1.82, 2.24) is 10.0 Å². The van der Waals surface area contributed by atoms with Crippen molar-refractivity contribution in [2.24, 2.45) is 5.41 Å². The van der Waals surface area contributed by atoms with Gasteiger partial charge in [0.1, 0.15) is 0 Å². The number of hydrogen-bond donors (Lipinski definition) is 3. The van der Waals surface area contributed by atoms with E-state index in [1.54, 1.807) is 12.1 Å². The summed E-state index contributed by atoms with van der Waals surface area (Å²) in [5, 5.41) is 5.94. The van der Waals surface area contributed by atoms with Crippen molar-refractivity contribution in [2.45, 2.75) is 38.5 Å². The minimum atomic E-state index is -3.59. The highest BCUT2D eigenvalue weighted by Gasteiger charge is 2.28. The molecule has 1 aromatic rings. The third kappa shape index (κ3) is 4.76. The van der Waals surface area contributed by atoms with E-state index in [4.69, 9.17) is 0 Å². The molecule has 6 nitrogen and oxygen atoms in total. The number of carbonyl (C=O) groups excluding carboxylic acids is 1. The van der Waals surface area contributed by atoms with Crippen molar-refractivity contribution in [1.29, 1.82) is 0 Å². The Labute approximate surface area is 138 Å². The van der Waals surface area contributed by atoms with Crippen LogP contribution >= 0.6 is 0 Å². The van der Waals surface area contributed by atoms with E-state index in [9.17, 15) is 13.2 Å². The highest BCUT2D eigenvalue weighted by molar-refractivity contribution is 7.89. The maximum absolute atomic E-state index is 12.5. The van der Waals surface area contributed by atoms with Gasteiger partial charge in [-0.1, -0.05) is 13.0 Å². The number of amides is 1. The van der Waals surface area contributed by atoms with E-state index in [2.05, 4.69) is 22.3 Å². The van der Waals surface area contributed by atoms with Crippen LogP contribution in [0.2, 0.25) is 0 Å². The molecule has 128 valence electrons. The first-order chi connectivity index (χ1) is 10.7. The molecular formula is C16H25N3O3S. The summed E-state index contributed by atoms with van der Waals surface area (Å²) in [6, 6.07) is 4.77. The molecule has 23 heavy (non-hydrogen) atoms. The van der Waals surface area contributed by atoms with Crippen molar-refractivity contribution < 1.29 is 13.2 Å². The summed E-state index contributed by atoms with van der Waals surface area (Å²) in [4.78, 5) is 11.4. The zero-order valence-electron chi connectivity index (χ0n) is 13.9. The van der Waals surface area contributed by atoms with Crippen LogP contribution in [0.25, 0.3) is 0 Å². The normalized spacial score (nSPS) is 17.7. The van der Waals surface area contributed by atoms with Crippen LogP contribution in [0.15, 0.2) is 23.1 Å². The van der Waals surface area contributed by atoms with Crippen LogP contribution in [0.3, 0.4) is 0 Å². The number of nitrogens with one attached hydrogen (secondary N) is 3. The maximum atomic E-state index is 12.5. The lowest BCUT2D eigenvalue weighted by Gasteiger charge is -2.34. The Morgan fingerprint density at radius 3 is 2.57 bits per heavy atom. The van der Waals surface area contributed by atoms with Gasteiger partial charge in [-0.2, -0.15) is 0 Å². The van der Waals surface area contributed by atoms with Gasteiger partial charge < -0.3 is 10.6 Å². The molecule has 2 rings (SSSR count). The molecule has 0 unspecified atom stereocenters. The van der Waals surface area contributed by atoms with Gasteiger partial charge in [-0.3, -0.25) is 4.79 Å². The fourth-order valence-corrected chi connectivity index (χ4v) is 3.88. The topological polar surface area (TPSA) is 87.3 Å². The molecular weight excluding hydrogens is 314 g/mol. The number of benzene rings is 1. The van der Waals surface area contributed by atoms with E-state index in [0.29, 0.717) is 12.2 Å². The molecule has 7 heteroatoms. The van der Waals surface area contributed by atoms with Crippen molar-refractivity contribution >= 4 is 21.6 Å².